The van der Waals surface area contributed by atoms with Gasteiger partial charge in [-0.25, -0.2) is 0 Å². The van der Waals surface area contributed by atoms with Crippen molar-refractivity contribution in [2.24, 2.45) is 0 Å². The third-order valence-corrected chi connectivity index (χ3v) is 2.42. The molecule has 0 saturated heterocycles. The maximum atomic E-state index is 5.51. The summed E-state index contributed by atoms with van der Waals surface area (Å²) in [6.07, 6.45) is 0. The van der Waals surface area contributed by atoms with Gasteiger partial charge in [-0.05, 0) is 38.2 Å². The second-order valence-corrected chi connectivity index (χ2v) is 3.92. The van der Waals surface area contributed by atoms with E-state index < -0.39 is 0 Å². The summed E-state index contributed by atoms with van der Waals surface area (Å²) in [5.74, 6) is 0.800. The van der Waals surface area contributed by atoms with E-state index in [1.807, 2.05) is 38.1 Å². The van der Waals surface area contributed by atoms with Crippen LogP contribution in [-0.4, -0.2) is 31.5 Å². The van der Waals surface area contributed by atoms with Gasteiger partial charge >= 0.3 is 0 Å². The van der Waals surface area contributed by atoms with Gasteiger partial charge < -0.3 is 20.1 Å². The average molecular weight is 268 g/mol. The van der Waals surface area contributed by atoms with Gasteiger partial charge in [-0.15, -0.1) is 0 Å². The summed E-state index contributed by atoms with van der Waals surface area (Å²) in [4.78, 5) is 0. The molecule has 0 aliphatic carbocycles. The maximum absolute atomic E-state index is 5.51. The van der Waals surface area contributed by atoms with E-state index in [4.69, 9.17) is 21.7 Å². The Morgan fingerprint density at radius 1 is 1.22 bits per heavy atom. The van der Waals surface area contributed by atoms with Crippen LogP contribution in [0, 0.1) is 0 Å². The predicted octanol–water partition coefficient (Wildman–Crippen LogP) is 2.41. The first-order valence-corrected chi connectivity index (χ1v) is 6.53. The van der Waals surface area contributed by atoms with E-state index in [0.29, 0.717) is 24.9 Å². The van der Waals surface area contributed by atoms with Crippen LogP contribution in [0.3, 0.4) is 0 Å². The fraction of sp³-hybridized carbons (Fsp3) is 0.462. The molecule has 100 valence electrons. The molecule has 0 amide bonds. The molecule has 2 N–H and O–H groups in total. The smallest absolute Gasteiger partial charge is 0.170 e. The summed E-state index contributed by atoms with van der Waals surface area (Å²) in [6, 6.07) is 7.71. The Hall–Kier alpha value is -1.33. The molecule has 1 rings (SSSR count). The lowest BCUT2D eigenvalue weighted by atomic mass is 10.3. The molecule has 0 heterocycles. The van der Waals surface area contributed by atoms with Gasteiger partial charge in [0.25, 0.3) is 0 Å². The van der Waals surface area contributed by atoms with E-state index >= 15 is 0 Å². The van der Waals surface area contributed by atoms with Gasteiger partial charge in [-0.2, -0.15) is 0 Å². The van der Waals surface area contributed by atoms with E-state index in [1.165, 1.54) is 0 Å². The van der Waals surface area contributed by atoms with Crippen molar-refractivity contribution < 1.29 is 9.47 Å². The van der Waals surface area contributed by atoms with E-state index in [2.05, 4.69) is 10.6 Å². The van der Waals surface area contributed by atoms with Crippen LogP contribution in [0.15, 0.2) is 24.3 Å². The molecular weight excluding hydrogens is 248 g/mol. The molecule has 0 aliphatic heterocycles. The number of nitrogens with one attached hydrogen (secondary N) is 2. The van der Waals surface area contributed by atoms with Crippen LogP contribution < -0.4 is 15.4 Å². The molecule has 0 radical (unpaired) electrons. The molecule has 0 aromatic heterocycles. The van der Waals surface area contributed by atoms with Gasteiger partial charge in [-0.3, -0.25) is 0 Å². The highest BCUT2D eigenvalue weighted by Crippen LogP contribution is 2.23. The molecule has 0 saturated carbocycles. The summed E-state index contributed by atoms with van der Waals surface area (Å²) < 4.78 is 10.7. The molecule has 0 unspecified atom stereocenters. The fourth-order valence-corrected chi connectivity index (χ4v) is 1.61. The summed E-state index contributed by atoms with van der Waals surface area (Å²) >= 11 is 5.20. The van der Waals surface area contributed by atoms with Crippen LogP contribution in [0.4, 0.5) is 5.69 Å². The lowest BCUT2D eigenvalue weighted by Crippen LogP contribution is -2.31. The molecule has 0 spiro atoms. The van der Waals surface area contributed by atoms with Crippen LogP contribution in [0.2, 0.25) is 0 Å². The standard InChI is InChI=1S/C13H20N2O2S/c1-3-16-10-9-14-13(18)15-11-7-5-6-8-12(11)17-4-2/h5-8H,3-4,9-10H2,1-2H3,(H2,14,15,18). The summed E-state index contributed by atoms with van der Waals surface area (Å²) in [7, 11) is 0. The Morgan fingerprint density at radius 3 is 2.72 bits per heavy atom. The largest absolute Gasteiger partial charge is 0.492 e. The number of benzene rings is 1. The van der Waals surface area contributed by atoms with Gasteiger partial charge in [0.15, 0.2) is 5.11 Å². The first-order valence-electron chi connectivity index (χ1n) is 6.12. The van der Waals surface area contributed by atoms with Crippen molar-refractivity contribution in [2.45, 2.75) is 13.8 Å². The fourth-order valence-electron chi connectivity index (χ4n) is 1.40. The van der Waals surface area contributed by atoms with Crippen molar-refractivity contribution in [3.63, 3.8) is 0 Å². The summed E-state index contributed by atoms with van der Waals surface area (Å²) in [5, 5.41) is 6.76. The number of para-hydroxylation sites is 2. The lowest BCUT2D eigenvalue weighted by molar-refractivity contribution is 0.152. The maximum Gasteiger partial charge on any atom is 0.170 e. The highest BCUT2D eigenvalue weighted by atomic mass is 32.1. The van der Waals surface area contributed by atoms with Crippen molar-refractivity contribution in [1.29, 1.82) is 0 Å². The Balaban J connectivity index is 2.43. The van der Waals surface area contributed by atoms with E-state index in [1.54, 1.807) is 0 Å². The number of hydrogen-bond acceptors (Lipinski definition) is 3. The molecule has 4 nitrogen and oxygen atoms in total. The second-order valence-electron chi connectivity index (χ2n) is 3.51. The topological polar surface area (TPSA) is 42.5 Å². The van der Waals surface area contributed by atoms with Crippen molar-refractivity contribution in [3.8, 4) is 5.75 Å². The summed E-state index contributed by atoms with van der Waals surface area (Å²) in [6.45, 7) is 6.60. The minimum atomic E-state index is 0.571. The van der Waals surface area contributed by atoms with E-state index in [9.17, 15) is 0 Å². The quantitative estimate of drug-likeness (QED) is 0.587. The minimum Gasteiger partial charge on any atom is -0.492 e. The Labute approximate surface area is 114 Å². The third kappa shape index (κ3) is 5.33. The third-order valence-electron chi connectivity index (χ3n) is 2.17. The number of anilines is 1. The zero-order valence-corrected chi connectivity index (χ0v) is 11.7. The van der Waals surface area contributed by atoms with E-state index in [0.717, 1.165) is 18.0 Å². The Morgan fingerprint density at radius 2 is 2.00 bits per heavy atom. The van der Waals surface area contributed by atoms with Gasteiger partial charge in [-0.1, -0.05) is 12.1 Å². The van der Waals surface area contributed by atoms with E-state index in [-0.39, 0.29) is 0 Å². The van der Waals surface area contributed by atoms with Crippen LogP contribution >= 0.6 is 12.2 Å². The van der Waals surface area contributed by atoms with Crippen molar-refractivity contribution in [3.05, 3.63) is 24.3 Å². The number of thiocarbonyl (C=S) groups is 1. The molecular formula is C13H20N2O2S. The summed E-state index contributed by atoms with van der Waals surface area (Å²) in [5.41, 5.74) is 0.869. The normalized spacial score (nSPS) is 9.89. The van der Waals surface area contributed by atoms with Crippen LogP contribution in [0.5, 0.6) is 5.75 Å². The highest BCUT2D eigenvalue weighted by molar-refractivity contribution is 7.80. The van der Waals surface area contributed by atoms with Crippen molar-refractivity contribution >= 4 is 23.0 Å². The minimum absolute atomic E-state index is 0.571. The van der Waals surface area contributed by atoms with Gasteiger partial charge in [0.05, 0.1) is 18.9 Å². The number of ether oxygens (including phenoxy) is 2. The van der Waals surface area contributed by atoms with Gasteiger partial charge in [0, 0.05) is 13.2 Å². The molecule has 0 aliphatic rings. The molecule has 5 heteroatoms. The molecule has 0 fully saturated rings. The molecule has 1 aromatic carbocycles. The molecule has 0 atom stereocenters. The molecule has 18 heavy (non-hydrogen) atoms. The lowest BCUT2D eigenvalue weighted by Gasteiger charge is -2.13. The molecule has 0 bridgehead atoms. The van der Waals surface area contributed by atoms with Crippen molar-refractivity contribution in [1.82, 2.24) is 5.32 Å². The Kier molecular flexibility index (Phi) is 7.13. The second kappa shape index (κ2) is 8.72. The Bertz CT molecular complexity index is 372. The molecule has 1 aromatic rings. The zero-order valence-electron chi connectivity index (χ0n) is 10.9. The van der Waals surface area contributed by atoms with Crippen molar-refractivity contribution in [2.75, 3.05) is 31.7 Å². The monoisotopic (exact) mass is 268 g/mol. The number of hydrogen-bond donors (Lipinski definition) is 2. The van der Waals surface area contributed by atoms with Gasteiger partial charge in [0.1, 0.15) is 5.75 Å². The number of rotatable bonds is 7. The average Bonchev–Trinajstić information content (AvgIpc) is 2.37. The zero-order chi connectivity index (χ0) is 13.2. The van der Waals surface area contributed by atoms with Crippen LogP contribution in [-0.2, 0) is 4.74 Å². The first-order chi connectivity index (χ1) is 8.77. The van der Waals surface area contributed by atoms with Crippen LogP contribution in [0.1, 0.15) is 13.8 Å². The predicted molar refractivity (Wildman–Crippen MR) is 78.3 cm³/mol. The van der Waals surface area contributed by atoms with Gasteiger partial charge in [0.2, 0.25) is 0 Å². The van der Waals surface area contributed by atoms with Crippen LogP contribution in [0.25, 0.3) is 0 Å². The SMILES string of the molecule is CCOCCNC(=S)Nc1ccccc1OCC. The first kappa shape index (κ1) is 14.7. The highest BCUT2D eigenvalue weighted by Gasteiger charge is 2.03.